The van der Waals surface area contributed by atoms with Crippen molar-refractivity contribution in [2.75, 3.05) is 0 Å². The van der Waals surface area contributed by atoms with Gasteiger partial charge in [-0.15, -0.1) is 0 Å². The molecule has 0 saturated heterocycles. The van der Waals surface area contributed by atoms with Gasteiger partial charge in [-0.05, 0) is 26.7 Å². The minimum Gasteiger partial charge on any atom is -0.0874 e. The van der Waals surface area contributed by atoms with Crippen molar-refractivity contribution in [2.24, 2.45) is 0 Å². The molecule has 0 aliphatic carbocycles. The van der Waals surface area contributed by atoms with Gasteiger partial charge in [-0.3, -0.25) is 0 Å². The number of hydrogen-bond donors (Lipinski definition) is 0. The highest BCUT2D eigenvalue weighted by atomic mass is 13.9. The Hall–Kier alpha value is -0.520. The quantitative estimate of drug-likeness (QED) is 0.532. The summed E-state index contributed by atoms with van der Waals surface area (Å²) in [6, 6.07) is 0. The minimum atomic E-state index is 1.23. The first-order valence-electron chi connectivity index (χ1n) is 5.13. The Kier molecular flexibility index (Phi) is 15.3. The molecule has 0 aromatic carbocycles. The fourth-order valence-corrected chi connectivity index (χ4v) is 0.919. The number of rotatable bonds is 4. The Morgan fingerprint density at radius 3 is 2.08 bits per heavy atom. The van der Waals surface area contributed by atoms with E-state index in [1.54, 1.807) is 0 Å². The van der Waals surface area contributed by atoms with Crippen molar-refractivity contribution in [1.82, 2.24) is 0 Å². The van der Waals surface area contributed by atoms with Crippen LogP contribution in [0.5, 0.6) is 0 Å². The fourth-order valence-electron chi connectivity index (χ4n) is 0.919. The van der Waals surface area contributed by atoms with E-state index in [2.05, 4.69) is 39.0 Å². The molecule has 0 aromatic rings. The van der Waals surface area contributed by atoms with Crippen molar-refractivity contribution in [3.05, 3.63) is 23.8 Å². The summed E-state index contributed by atoms with van der Waals surface area (Å²) in [6.45, 7) is 10.4. The predicted molar refractivity (Wildman–Crippen MR) is 59.4 cm³/mol. The van der Waals surface area contributed by atoms with Crippen molar-refractivity contribution in [1.29, 1.82) is 0 Å². The summed E-state index contributed by atoms with van der Waals surface area (Å²) >= 11 is 0. The molecule has 0 aromatic heterocycles. The van der Waals surface area contributed by atoms with Gasteiger partial charge in [0.1, 0.15) is 0 Å². The van der Waals surface area contributed by atoms with Crippen LogP contribution in [0.4, 0.5) is 0 Å². The standard InChI is InChI=1S/C10H18.C2H6/c1-4-7-9-10(6-3)8-5-2;1-2/h5-6,8H,4,7,9H2,1-3H3;1-2H3/b8-5-,10-6+;. The van der Waals surface area contributed by atoms with Gasteiger partial charge in [0.15, 0.2) is 0 Å². The van der Waals surface area contributed by atoms with Gasteiger partial charge in [-0.1, -0.05) is 51.0 Å². The topological polar surface area (TPSA) is 0 Å². The Balaban J connectivity index is 0. The molecule has 0 spiro atoms. The summed E-state index contributed by atoms with van der Waals surface area (Å²) in [6.07, 6.45) is 10.3. The van der Waals surface area contributed by atoms with Crippen LogP contribution in [0.2, 0.25) is 0 Å². The molecule has 0 rings (SSSR count). The predicted octanol–water partition coefficient (Wildman–Crippen LogP) is 4.73. The number of unbranched alkanes of at least 4 members (excludes halogenated alkanes) is 1. The molecule has 12 heavy (non-hydrogen) atoms. The Labute approximate surface area is 78.4 Å². The molecule has 0 heteroatoms. The first-order valence-corrected chi connectivity index (χ1v) is 5.13. The van der Waals surface area contributed by atoms with Crippen molar-refractivity contribution in [3.63, 3.8) is 0 Å². The third kappa shape index (κ3) is 9.48. The van der Waals surface area contributed by atoms with Gasteiger partial charge in [0.25, 0.3) is 0 Å². The zero-order chi connectivity index (χ0) is 9.82. The molecular weight excluding hydrogens is 144 g/mol. The summed E-state index contributed by atoms with van der Waals surface area (Å²) < 4.78 is 0. The molecule has 0 fully saturated rings. The van der Waals surface area contributed by atoms with E-state index in [1.165, 1.54) is 24.8 Å². The first-order chi connectivity index (χ1) is 5.85. The molecule has 0 saturated carbocycles. The Morgan fingerprint density at radius 2 is 1.75 bits per heavy atom. The van der Waals surface area contributed by atoms with Crippen LogP contribution >= 0.6 is 0 Å². The highest BCUT2D eigenvalue weighted by molar-refractivity contribution is 5.16. The van der Waals surface area contributed by atoms with Gasteiger partial charge in [-0.25, -0.2) is 0 Å². The lowest BCUT2D eigenvalue weighted by molar-refractivity contribution is 0.797. The normalized spacial score (nSPS) is 11.2. The van der Waals surface area contributed by atoms with Crippen molar-refractivity contribution in [2.45, 2.75) is 53.9 Å². The minimum absolute atomic E-state index is 1.23. The molecule has 72 valence electrons. The van der Waals surface area contributed by atoms with Crippen LogP contribution in [0, 0.1) is 0 Å². The molecule has 0 amide bonds. The van der Waals surface area contributed by atoms with E-state index in [9.17, 15) is 0 Å². The largest absolute Gasteiger partial charge is 0.0874 e. The maximum Gasteiger partial charge on any atom is -0.0282 e. The smallest absolute Gasteiger partial charge is 0.0282 e. The van der Waals surface area contributed by atoms with Gasteiger partial charge < -0.3 is 0 Å². The average molecular weight is 168 g/mol. The third-order valence-electron chi connectivity index (χ3n) is 1.57. The molecule has 0 aliphatic heterocycles. The van der Waals surface area contributed by atoms with E-state index in [1.807, 2.05) is 13.8 Å². The number of hydrogen-bond acceptors (Lipinski definition) is 0. The lowest BCUT2D eigenvalue weighted by Crippen LogP contribution is -1.77. The number of allylic oxidation sites excluding steroid dienone is 4. The summed E-state index contributed by atoms with van der Waals surface area (Å²) in [7, 11) is 0. The van der Waals surface area contributed by atoms with Gasteiger partial charge in [0.2, 0.25) is 0 Å². The molecule has 0 heterocycles. The van der Waals surface area contributed by atoms with Crippen molar-refractivity contribution in [3.8, 4) is 0 Å². The van der Waals surface area contributed by atoms with Gasteiger partial charge in [-0.2, -0.15) is 0 Å². The van der Waals surface area contributed by atoms with Crippen LogP contribution in [0.15, 0.2) is 23.8 Å². The summed E-state index contributed by atoms with van der Waals surface area (Å²) in [5, 5.41) is 0. The summed E-state index contributed by atoms with van der Waals surface area (Å²) in [5.41, 5.74) is 1.46. The first kappa shape index (κ1) is 14.0. The lowest BCUT2D eigenvalue weighted by atomic mass is 10.1. The highest BCUT2D eigenvalue weighted by Gasteiger charge is 1.87. The summed E-state index contributed by atoms with van der Waals surface area (Å²) in [5.74, 6) is 0. The molecular formula is C12H24. The van der Waals surface area contributed by atoms with Gasteiger partial charge in [0, 0.05) is 0 Å². The van der Waals surface area contributed by atoms with E-state index >= 15 is 0 Å². The van der Waals surface area contributed by atoms with Crippen LogP contribution in [-0.2, 0) is 0 Å². The van der Waals surface area contributed by atoms with Crippen LogP contribution in [0.25, 0.3) is 0 Å². The third-order valence-corrected chi connectivity index (χ3v) is 1.57. The van der Waals surface area contributed by atoms with E-state index < -0.39 is 0 Å². The average Bonchev–Trinajstić information content (AvgIpc) is 2.15. The van der Waals surface area contributed by atoms with E-state index in [4.69, 9.17) is 0 Å². The molecule has 0 aliphatic rings. The van der Waals surface area contributed by atoms with Crippen LogP contribution in [0.1, 0.15) is 53.9 Å². The van der Waals surface area contributed by atoms with Crippen LogP contribution in [0.3, 0.4) is 0 Å². The SMILES string of the molecule is C/C=C\C(=C/C)CCCC.CC. The summed E-state index contributed by atoms with van der Waals surface area (Å²) in [4.78, 5) is 0. The van der Waals surface area contributed by atoms with E-state index in [-0.39, 0.29) is 0 Å². The van der Waals surface area contributed by atoms with Gasteiger partial charge >= 0.3 is 0 Å². The monoisotopic (exact) mass is 168 g/mol. The second-order valence-electron chi connectivity index (χ2n) is 2.47. The fraction of sp³-hybridized carbons (Fsp3) is 0.667. The zero-order valence-corrected chi connectivity index (χ0v) is 9.35. The highest BCUT2D eigenvalue weighted by Crippen LogP contribution is 2.07. The van der Waals surface area contributed by atoms with Gasteiger partial charge in [0.05, 0.1) is 0 Å². The Morgan fingerprint density at radius 1 is 1.17 bits per heavy atom. The second kappa shape index (κ2) is 13.1. The molecule has 0 N–H and O–H groups in total. The van der Waals surface area contributed by atoms with Crippen molar-refractivity contribution < 1.29 is 0 Å². The molecule has 0 radical (unpaired) electrons. The molecule has 0 bridgehead atoms. The molecule has 0 unspecified atom stereocenters. The van der Waals surface area contributed by atoms with Crippen molar-refractivity contribution >= 4 is 0 Å². The maximum absolute atomic E-state index is 2.23. The van der Waals surface area contributed by atoms with Crippen LogP contribution in [-0.4, -0.2) is 0 Å². The zero-order valence-electron chi connectivity index (χ0n) is 9.35. The van der Waals surface area contributed by atoms with E-state index in [0.29, 0.717) is 0 Å². The van der Waals surface area contributed by atoms with E-state index in [0.717, 1.165) is 0 Å². The molecule has 0 nitrogen and oxygen atoms in total. The second-order valence-corrected chi connectivity index (χ2v) is 2.47. The lowest BCUT2D eigenvalue weighted by Gasteiger charge is -1.97. The maximum atomic E-state index is 2.23. The Bertz CT molecular complexity index is 118. The molecule has 0 atom stereocenters. The van der Waals surface area contributed by atoms with Crippen LogP contribution < -0.4 is 0 Å².